The summed E-state index contributed by atoms with van der Waals surface area (Å²) in [5.41, 5.74) is -0.488. The Bertz CT molecular complexity index is 454. The van der Waals surface area contributed by atoms with Crippen molar-refractivity contribution in [2.24, 2.45) is 0 Å². The van der Waals surface area contributed by atoms with Crippen LogP contribution in [0.4, 0.5) is 5.82 Å². The van der Waals surface area contributed by atoms with Crippen molar-refractivity contribution in [3.63, 3.8) is 0 Å². The Balaban J connectivity index is 2.48. The largest absolute Gasteiger partial charge is 0.468 e. The molecule has 0 amide bonds. The van der Waals surface area contributed by atoms with Gasteiger partial charge in [0.1, 0.15) is 11.6 Å². The van der Waals surface area contributed by atoms with Gasteiger partial charge in [-0.1, -0.05) is 0 Å². The Labute approximate surface area is 91.4 Å². The average Bonchev–Trinajstić information content (AvgIpc) is 3.09. The maximum atomic E-state index is 11.6. The Morgan fingerprint density at radius 3 is 2.81 bits per heavy atom. The van der Waals surface area contributed by atoms with E-state index in [1.54, 1.807) is 12.1 Å². The molecular weight excluding hydrogens is 212 g/mol. The van der Waals surface area contributed by atoms with E-state index in [1.807, 2.05) is 0 Å². The summed E-state index contributed by atoms with van der Waals surface area (Å²) in [5, 5.41) is 10.8. The molecule has 0 unspecified atom stereocenters. The van der Waals surface area contributed by atoms with Crippen LogP contribution in [0.3, 0.4) is 0 Å². The first-order chi connectivity index (χ1) is 7.62. The second-order valence-electron chi connectivity index (χ2n) is 3.71. The molecule has 0 aromatic carbocycles. The molecule has 2 rings (SSSR count). The van der Waals surface area contributed by atoms with Gasteiger partial charge in [-0.15, -0.1) is 0 Å². The third-order valence-electron chi connectivity index (χ3n) is 2.80. The van der Waals surface area contributed by atoms with E-state index < -0.39 is 16.3 Å². The molecule has 0 spiro atoms. The number of nitrogens with zero attached hydrogens (tertiary/aromatic N) is 2. The lowest BCUT2D eigenvalue weighted by Gasteiger charge is -2.11. The van der Waals surface area contributed by atoms with Gasteiger partial charge < -0.3 is 14.9 Å². The van der Waals surface area contributed by atoms with Crippen molar-refractivity contribution in [3.05, 3.63) is 34.0 Å². The van der Waals surface area contributed by atoms with Crippen LogP contribution in [0.5, 0.6) is 0 Å². The molecule has 84 valence electrons. The van der Waals surface area contributed by atoms with Crippen LogP contribution in [0.25, 0.3) is 0 Å². The minimum absolute atomic E-state index is 0.259. The first kappa shape index (κ1) is 10.5. The second kappa shape index (κ2) is 3.55. The molecule has 1 saturated carbocycles. The smallest absolute Gasteiger partial charge is 0.367 e. The lowest BCUT2D eigenvalue weighted by molar-refractivity contribution is -0.390. The Morgan fingerprint density at radius 2 is 2.31 bits per heavy atom. The van der Waals surface area contributed by atoms with Crippen LogP contribution < -0.4 is 0 Å². The predicted octanol–water partition coefficient (Wildman–Crippen LogP) is 1.19. The third-order valence-corrected chi connectivity index (χ3v) is 2.80. The van der Waals surface area contributed by atoms with Crippen molar-refractivity contribution in [2.75, 3.05) is 7.11 Å². The molecule has 0 radical (unpaired) electrons. The van der Waals surface area contributed by atoms with Gasteiger partial charge in [0.2, 0.25) is 0 Å². The number of carbonyl (C=O) groups excluding carboxylic acids is 1. The van der Waals surface area contributed by atoms with Crippen LogP contribution in [-0.4, -0.2) is 23.0 Å². The van der Waals surface area contributed by atoms with Crippen LogP contribution in [0.1, 0.15) is 18.4 Å². The van der Waals surface area contributed by atoms with Gasteiger partial charge >= 0.3 is 11.8 Å². The van der Waals surface area contributed by atoms with Gasteiger partial charge in [0.25, 0.3) is 0 Å². The number of ether oxygens (including phenoxy) is 1. The zero-order valence-corrected chi connectivity index (χ0v) is 8.67. The van der Waals surface area contributed by atoms with Gasteiger partial charge in [-0.3, -0.25) is 4.79 Å². The minimum Gasteiger partial charge on any atom is -0.468 e. The summed E-state index contributed by atoms with van der Waals surface area (Å²) in [6.07, 6.45) is 2.49. The number of esters is 1. The lowest BCUT2D eigenvalue weighted by atomic mass is 9.97. The van der Waals surface area contributed by atoms with E-state index in [0.29, 0.717) is 18.4 Å². The van der Waals surface area contributed by atoms with Gasteiger partial charge in [-0.05, 0) is 34.9 Å². The lowest BCUT2D eigenvalue weighted by Crippen LogP contribution is -2.23. The van der Waals surface area contributed by atoms with Crippen molar-refractivity contribution in [2.45, 2.75) is 18.3 Å². The maximum Gasteiger partial charge on any atom is 0.367 e. The Hall–Kier alpha value is -1.98. The monoisotopic (exact) mass is 222 g/mol. The average molecular weight is 222 g/mol. The van der Waals surface area contributed by atoms with Crippen LogP contribution in [0.2, 0.25) is 0 Å². The number of hydrogen-bond donors (Lipinski definition) is 0. The van der Waals surface area contributed by atoms with E-state index in [0.717, 1.165) is 0 Å². The molecule has 0 bridgehead atoms. The van der Waals surface area contributed by atoms with E-state index in [4.69, 9.17) is 0 Å². The number of hydrogen-bond acceptors (Lipinski definition) is 5. The van der Waals surface area contributed by atoms with Crippen molar-refractivity contribution < 1.29 is 14.5 Å². The fraction of sp³-hybridized carbons (Fsp3) is 0.400. The van der Waals surface area contributed by atoms with E-state index >= 15 is 0 Å². The fourth-order valence-electron chi connectivity index (χ4n) is 1.82. The topological polar surface area (TPSA) is 82.3 Å². The summed E-state index contributed by atoms with van der Waals surface area (Å²) in [5.74, 6) is -0.686. The quantitative estimate of drug-likeness (QED) is 0.436. The highest BCUT2D eigenvalue weighted by atomic mass is 16.6. The van der Waals surface area contributed by atoms with Crippen molar-refractivity contribution in [1.82, 2.24) is 4.98 Å². The highest BCUT2D eigenvalue weighted by molar-refractivity contribution is 5.87. The zero-order chi connectivity index (χ0) is 11.8. The molecule has 6 heteroatoms. The first-order valence-electron chi connectivity index (χ1n) is 4.80. The summed E-state index contributed by atoms with van der Waals surface area (Å²) in [6, 6.07) is 3.15. The fourth-order valence-corrected chi connectivity index (χ4v) is 1.82. The minimum atomic E-state index is -0.842. The molecule has 6 nitrogen and oxygen atoms in total. The molecule has 0 N–H and O–H groups in total. The standard InChI is InChI=1S/C10H10N2O4/c1-16-9(13)10(4-5-10)7-3-2-6-11-8(7)12(14)15/h2-3,6H,4-5H2,1H3. The number of methoxy groups -OCH3 is 1. The summed E-state index contributed by atoms with van der Waals surface area (Å²) in [6.45, 7) is 0. The summed E-state index contributed by atoms with van der Waals surface area (Å²) >= 11 is 0. The molecule has 16 heavy (non-hydrogen) atoms. The molecule has 0 saturated heterocycles. The number of pyridine rings is 1. The number of nitro groups is 1. The molecule has 0 atom stereocenters. The molecule has 1 aromatic rings. The van der Waals surface area contributed by atoms with Crippen LogP contribution >= 0.6 is 0 Å². The summed E-state index contributed by atoms with van der Waals surface area (Å²) in [7, 11) is 1.28. The third kappa shape index (κ3) is 1.42. The predicted molar refractivity (Wildman–Crippen MR) is 53.8 cm³/mol. The molecular formula is C10H10N2O4. The number of rotatable bonds is 3. The van der Waals surface area contributed by atoms with Gasteiger partial charge in [0.15, 0.2) is 0 Å². The maximum absolute atomic E-state index is 11.6. The Kier molecular flexibility index (Phi) is 2.34. The van der Waals surface area contributed by atoms with Gasteiger partial charge in [-0.25, -0.2) is 0 Å². The molecule has 1 fully saturated rings. The zero-order valence-electron chi connectivity index (χ0n) is 8.67. The van der Waals surface area contributed by atoms with Crippen molar-refractivity contribution >= 4 is 11.8 Å². The normalized spacial score (nSPS) is 16.6. The Morgan fingerprint density at radius 1 is 1.62 bits per heavy atom. The molecule has 0 aliphatic heterocycles. The van der Waals surface area contributed by atoms with Crippen LogP contribution in [-0.2, 0) is 14.9 Å². The van der Waals surface area contributed by atoms with Crippen LogP contribution in [0, 0.1) is 10.1 Å². The van der Waals surface area contributed by atoms with Crippen molar-refractivity contribution in [3.8, 4) is 0 Å². The highest BCUT2D eigenvalue weighted by Gasteiger charge is 2.56. The summed E-state index contributed by atoms with van der Waals surface area (Å²) < 4.78 is 4.68. The van der Waals surface area contributed by atoms with E-state index in [1.165, 1.54) is 13.3 Å². The molecule has 1 aromatic heterocycles. The summed E-state index contributed by atoms with van der Waals surface area (Å²) in [4.78, 5) is 25.5. The SMILES string of the molecule is COC(=O)C1(c2cccnc2[N+](=O)[O-])CC1. The number of carbonyl (C=O) groups is 1. The van der Waals surface area contributed by atoms with E-state index in [2.05, 4.69) is 9.72 Å². The van der Waals surface area contributed by atoms with Crippen LogP contribution in [0.15, 0.2) is 18.3 Å². The van der Waals surface area contributed by atoms with E-state index in [-0.39, 0.29) is 5.82 Å². The van der Waals surface area contributed by atoms with E-state index in [9.17, 15) is 14.9 Å². The highest BCUT2D eigenvalue weighted by Crippen LogP contribution is 2.51. The van der Waals surface area contributed by atoms with Gasteiger partial charge in [-0.2, -0.15) is 0 Å². The molecule has 1 aliphatic rings. The van der Waals surface area contributed by atoms with Gasteiger partial charge in [0.05, 0.1) is 12.7 Å². The van der Waals surface area contributed by atoms with Crippen molar-refractivity contribution in [1.29, 1.82) is 0 Å². The molecule has 1 heterocycles. The second-order valence-corrected chi connectivity index (χ2v) is 3.71. The van der Waals surface area contributed by atoms with Gasteiger partial charge in [0, 0.05) is 0 Å². The number of aromatic nitrogens is 1. The first-order valence-corrected chi connectivity index (χ1v) is 4.80. The molecule has 1 aliphatic carbocycles.